The summed E-state index contributed by atoms with van der Waals surface area (Å²) in [5, 5.41) is 11.8. The number of benzene rings is 2. The van der Waals surface area contributed by atoms with Crippen molar-refractivity contribution in [3.63, 3.8) is 0 Å². The highest BCUT2D eigenvalue weighted by molar-refractivity contribution is 5.95. The molecule has 0 aliphatic rings. The van der Waals surface area contributed by atoms with Gasteiger partial charge < -0.3 is 14.6 Å². The van der Waals surface area contributed by atoms with Crippen LogP contribution in [0.1, 0.15) is 116 Å². The molecule has 0 unspecified atom stereocenters. The van der Waals surface area contributed by atoms with Crippen LogP contribution in [0.15, 0.2) is 48.5 Å². The summed E-state index contributed by atoms with van der Waals surface area (Å²) in [5.74, 6) is 1.54. The second-order valence-electron chi connectivity index (χ2n) is 10.3. The molecule has 0 aliphatic carbocycles. The number of imide groups is 1. The summed E-state index contributed by atoms with van der Waals surface area (Å²) in [6, 6.07) is 13.5. The summed E-state index contributed by atoms with van der Waals surface area (Å²) in [6.07, 6.45) is 19.8. The highest BCUT2D eigenvalue weighted by Gasteiger charge is 2.08. The van der Waals surface area contributed by atoms with Gasteiger partial charge in [0.05, 0.1) is 13.0 Å². The number of carbonyl (C=O) groups excluding carboxylic acids is 2. The quantitative estimate of drug-likeness (QED) is 0.146. The molecule has 2 aromatic rings. The number of phenolic OH excluding ortho intramolecular Hbond substituents is 1. The molecule has 0 atom stereocenters. The molecular weight excluding hydrogens is 490 g/mol. The summed E-state index contributed by atoms with van der Waals surface area (Å²) in [6.45, 7) is 2.46. The second-order valence-corrected chi connectivity index (χ2v) is 10.3. The SMILES string of the molecule is CCCCCCCCCCCCCCCCCC(=O)NC(=O)CCOc1ccc(Oc2ccc(O)cc2)cc1. The van der Waals surface area contributed by atoms with Gasteiger partial charge in [-0.25, -0.2) is 0 Å². The molecule has 6 nitrogen and oxygen atoms in total. The molecule has 2 aromatic carbocycles. The number of carbonyl (C=O) groups is 2. The minimum absolute atomic E-state index is 0.121. The molecule has 6 heteroatoms. The second kappa shape index (κ2) is 20.9. The molecule has 39 heavy (non-hydrogen) atoms. The maximum absolute atomic E-state index is 12.0. The zero-order valence-electron chi connectivity index (χ0n) is 23.9. The average molecular weight is 540 g/mol. The lowest BCUT2D eigenvalue weighted by Gasteiger charge is -2.09. The molecule has 0 radical (unpaired) electrons. The van der Waals surface area contributed by atoms with Gasteiger partial charge >= 0.3 is 0 Å². The van der Waals surface area contributed by atoms with E-state index in [0.29, 0.717) is 23.7 Å². The van der Waals surface area contributed by atoms with E-state index in [1.807, 2.05) is 0 Å². The number of amides is 2. The van der Waals surface area contributed by atoms with E-state index in [9.17, 15) is 14.7 Å². The van der Waals surface area contributed by atoms with E-state index < -0.39 is 0 Å². The van der Waals surface area contributed by atoms with Gasteiger partial charge in [0, 0.05) is 6.42 Å². The topological polar surface area (TPSA) is 84.9 Å². The first-order chi connectivity index (χ1) is 19.1. The molecule has 2 rings (SSSR count). The summed E-state index contributed by atoms with van der Waals surface area (Å²) in [7, 11) is 0. The molecule has 0 fully saturated rings. The lowest BCUT2D eigenvalue weighted by Crippen LogP contribution is -2.31. The Morgan fingerprint density at radius 3 is 1.51 bits per heavy atom. The van der Waals surface area contributed by atoms with E-state index in [0.717, 1.165) is 19.3 Å². The van der Waals surface area contributed by atoms with Gasteiger partial charge in [0.25, 0.3) is 0 Å². The molecule has 0 saturated carbocycles. The van der Waals surface area contributed by atoms with E-state index >= 15 is 0 Å². The third-order valence-corrected chi connectivity index (χ3v) is 6.78. The Morgan fingerprint density at radius 1 is 0.590 bits per heavy atom. The van der Waals surface area contributed by atoms with Crippen molar-refractivity contribution in [1.82, 2.24) is 5.32 Å². The molecule has 2 amide bonds. The van der Waals surface area contributed by atoms with E-state index in [4.69, 9.17) is 9.47 Å². The van der Waals surface area contributed by atoms with Gasteiger partial charge in [0.15, 0.2) is 0 Å². The Labute approximate surface area is 235 Å². The lowest BCUT2D eigenvalue weighted by molar-refractivity contribution is -0.130. The van der Waals surface area contributed by atoms with Crippen molar-refractivity contribution in [2.75, 3.05) is 6.61 Å². The van der Waals surface area contributed by atoms with Crippen LogP contribution in [0.4, 0.5) is 0 Å². The molecule has 0 spiro atoms. The number of unbranched alkanes of at least 4 members (excludes halogenated alkanes) is 14. The van der Waals surface area contributed by atoms with Crippen molar-refractivity contribution < 1.29 is 24.2 Å². The fourth-order valence-electron chi connectivity index (χ4n) is 4.45. The van der Waals surface area contributed by atoms with E-state index in [1.54, 1.807) is 48.5 Å². The summed E-state index contributed by atoms with van der Waals surface area (Å²) >= 11 is 0. The molecule has 216 valence electrons. The fourth-order valence-corrected chi connectivity index (χ4v) is 4.45. The standard InChI is InChI=1S/C33H49NO5/c1-2-3-4-5-6-7-8-9-10-11-12-13-14-15-16-17-32(36)34-33(37)26-27-38-29-22-24-31(25-23-29)39-30-20-18-28(35)19-21-30/h18-25,35H,2-17,26-27H2,1H3,(H,34,36,37). The van der Waals surface area contributed by atoms with Crippen molar-refractivity contribution in [3.05, 3.63) is 48.5 Å². The van der Waals surface area contributed by atoms with Crippen LogP contribution in [0.2, 0.25) is 0 Å². The molecular formula is C33H49NO5. The molecule has 0 aliphatic heterocycles. The van der Waals surface area contributed by atoms with Crippen LogP contribution in [0.5, 0.6) is 23.0 Å². The van der Waals surface area contributed by atoms with Crippen molar-refractivity contribution >= 4 is 11.8 Å². The molecule has 0 aromatic heterocycles. The molecule has 2 N–H and O–H groups in total. The van der Waals surface area contributed by atoms with Crippen LogP contribution in [0, 0.1) is 0 Å². The number of nitrogens with one attached hydrogen (secondary N) is 1. The van der Waals surface area contributed by atoms with E-state index in [-0.39, 0.29) is 30.6 Å². The van der Waals surface area contributed by atoms with Gasteiger partial charge in [-0.2, -0.15) is 0 Å². The van der Waals surface area contributed by atoms with E-state index in [1.165, 1.54) is 77.0 Å². The number of rotatable bonds is 22. The highest BCUT2D eigenvalue weighted by atomic mass is 16.5. The van der Waals surface area contributed by atoms with Crippen LogP contribution < -0.4 is 14.8 Å². The van der Waals surface area contributed by atoms with Gasteiger partial charge in [0.2, 0.25) is 11.8 Å². The van der Waals surface area contributed by atoms with Crippen molar-refractivity contribution in [2.24, 2.45) is 0 Å². The minimum atomic E-state index is -0.312. The third kappa shape index (κ3) is 16.5. The van der Waals surface area contributed by atoms with Crippen LogP contribution in [0.3, 0.4) is 0 Å². The zero-order valence-corrected chi connectivity index (χ0v) is 23.9. The van der Waals surface area contributed by atoms with Crippen LogP contribution >= 0.6 is 0 Å². The first kappa shape index (κ1) is 32.2. The predicted octanol–water partition coefficient (Wildman–Crippen LogP) is 8.86. The Balaban J connectivity index is 1.40. The number of hydrogen-bond acceptors (Lipinski definition) is 5. The first-order valence-corrected chi connectivity index (χ1v) is 15.1. The summed E-state index contributed by atoms with van der Waals surface area (Å²) < 4.78 is 11.3. The van der Waals surface area contributed by atoms with Gasteiger partial charge in [-0.15, -0.1) is 0 Å². The van der Waals surface area contributed by atoms with Crippen molar-refractivity contribution in [3.8, 4) is 23.0 Å². The van der Waals surface area contributed by atoms with Crippen LogP contribution in [-0.2, 0) is 9.59 Å². The Kier molecular flexibility index (Phi) is 17.2. The maximum Gasteiger partial charge on any atom is 0.229 e. The Morgan fingerprint density at radius 2 is 1.00 bits per heavy atom. The average Bonchev–Trinajstić information content (AvgIpc) is 2.93. The van der Waals surface area contributed by atoms with Gasteiger partial charge in [0.1, 0.15) is 23.0 Å². The fraction of sp³-hybridized carbons (Fsp3) is 0.576. The van der Waals surface area contributed by atoms with Gasteiger partial charge in [-0.1, -0.05) is 96.8 Å². The van der Waals surface area contributed by atoms with Gasteiger partial charge in [-0.3, -0.25) is 14.9 Å². The first-order valence-electron chi connectivity index (χ1n) is 15.1. The van der Waals surface area contributed by atoms with E-state index in [2.05, 4.69) is 12.2 Å². The number of aromatic hydroxyl groups is 1. The summed E-state index contributed by atoms with van der Waals surface area (Å²) in [4.78, 5) is 24.1. The number of phenols is 1. The molecule has 0 bridgehead atoms. The normalized spacial score (nSPS) is 10.8. The Hall–Kier alpha value is -3.02. The molecule has 0 heterocycles. The number of hydrogen-bond donors (Lipinski definition) is 2. The maximum atomic E-state index is 12.0. The summed E-state index contributed by atoms with van der Waals surface area (Å²) in [5.41, 5.74) is 0. The number of ether oxygens (including phenoxy) is 2. The minimum Gasteiger partial charge on any atom is -0.508 e. The van der Waals surface area contributed by atoms with Crippen molar-refractivity contribution in [1.29, 1.82) is 0 Å². The Bertz CT molecular complexity index is 911. The largest absolute Gasteiger partial charge is 0.508 e. The monoisotopic (exact) mass is 539 g/mol. The van der Waals surface area contributed by atoms with Crippen molar-refractivity contribution in [2.45, 2.75) is 116 Å². The van der Waals surface area contributed by atoms with Crippen LogP contribution in [0.25, 0.3) is 0 Å². The zero-order chi connectivity index (χ0) is 28.0. The smallest absolute Gasteiger partial charge is 0.229 e. The lowest BCUT2D eigenvalue weighted by atomic mass is 10.0. The predicted molar refractivity (Wildman–Crippen MR) is 157 cm³/mol. The van der Waals surface area contributed by atoms with Crippen LogP contribution in [-0.4, -0.2) is 23.5 Å². The third-order valence-electron chi connectivity index (χ3n) is 6.78. The van der Waals surface area contributed by atoms with Gasteiger partial charge in [-0.05, 0) is 55.0 Å². The molecule has 0 saturated heterocycles. The highest BCUT2D eigenvalue weighted by Crippen LogP contribution is 2.25.